The van der Waals surface area contributed by atoms with Gasteiger partial charge in [0.05, 0.1) is 21.8 Å². The molecule has 1 aliphatic rings. The van der Waals surface area contributed by atoms with Gasteiger partial charge in [-0.2, -0.15) is 0 Å². The van der Waals surface area contributed by atoms with Crippen molar-refractivity contribution in [3.05, 3.63) is 174 Å². The van der Waals surface area contributed by atoms with Gasteiger partial charge in [-0.25, -0.2) is 4.99 Å². The normalized spacial score (nSPS) is 14.6. The average Bonchev–Trinajstić information content (AvgIpc) is 3.38. The second-order valence-corrected chi connectivity index (χ2v) is 12.4. The van der Waals surface area contributed by atoms with Gasteiger partial charge in [0.25, 0.3) is 11.5 Å². The molecular weight excluding hydrogens is 614 g/mol. The molecule has 2 heterocycles. The van der Waals surface area contributed by atoms with E-state index in [2.05, 4.69) is 5.32 Å². The minimum absolute atomic E-state index is 0.230. The number of rotatable bonds is 7. The summed E-state index contributed by atoms with van der Waals surface area (Å²) in [6.07, 6.45) is 1.88. The molecule has 0 bridgehead atoms. The molecule has 226 valence electrons. The molecule has 7 rings (SSSR count). The van der Waals surface area contributed by atoms with Crippen LogP contribution in [0.3, 0.4) is 0 Å². The van der Waals surface area contributed by atoms with Crippen LogP contribution in [0.4, 0.5) is 5.69 Å². The van der Waals surface area contributed by atoms with Crippen LogP contribution in [0.2, 0.25) is 5.02 Å². The first-order valence-electron chi connectivity index (χ1n) is 14.8. The van der Waals surface area contributed by atoms with Crippen LogP contribution >= 0.6 is 22.9 Å². The van der Waals surface area contributed by atoms with Gasteiger partial charge in [0.1, 0.15) is 12.4 Å². The number of hydrogen-bond donors (Lipinski definition) is 1. The van der Waals surface area contributed by atoms with Gasteiger partial charge in [-0.3, -0.25) is 14.2 Å². The maximum atomic E-state index is 14.4. The fraction of sp³-hybridized carbons (Fsp3) is 0.0789. The summed E-state index contributed by atoms with van der Waals surface area (Å²) in [7, 11) is 0. The maximum Gasteiger partial charge on any atom is 0.271 e. The zero-order valence-electron chi connectivity index (χ0n) is 24.8. The van der Waals surface area contributed by atoms with E-state index in [0.29, 0.717) is 43.7 Å². The largest absolute Gasteiger partial charge is 0.488 e. The Morgan fingerprint density at radius 1 is 0.913 bits per heavy atom. The van der Waals surface area contributed by atoms with E-state index in [9.17, 15) is 9.59 Å². The highest BCUT2D eigenvalue weighted by atomic mass is 35.5. The van der Waals surface area contributed by atoms with E-state index >= 15 is 0 Å². The Kier molecular flexibility index (Phi) is 8.09. The Labute approximate surface area is 274 Å². The fourth-order valence-corrected chi connectivity index (χ4v) is 6.86. The van der Waals surface area contributed by atoms with Crippen molar-refractivity contribution in [2.45, 2.75) is 19.6 Å². The summed E-state index contributed by atoms with van der Waals surface area (Å²) in [5.74, 6) is 0.348. The topological polar surface area (TPSA) is 72.7 Å². The van der Waals surface area contributed by atoms with Gasteiger partial charge >= 0.3 is 0 Å². The van der Waals surface area contributed by atoms with Crippen molar-refractivity contribution in [3.8, 4) is 5.75 Å². The van der Waals surface area contributed by atoms with E-state index in [4.69, 9.17) is 21.3 Å². The molecule has 0 unspecified atom stereocenters. The quantitative estimate of drug-likeness (QED) is 0.199. The summed E-state index contributed by atoms with van der Waals surface area (Å²) in [5, 5.41) is 5.64. The molecule has 1 aliphatic heterocycles. The molecule has 6 aromatic rings. The second kappa shape index (κ2) is 12.6. The molecule has 1 aromatic heterocycles. The van der Waals surface area contributed by atoms with E-state index in [1.807, 2.05) is 134 Å². The van der Waals surface area contributed by atoms with E-state index in [1.165, 1.54) is 11.3 Å². The monoisotopic (exact) mass is 641 g/mol. The summed E-state index contributed by atoms with van der Waals surface area (Å²) in [6.45, 7) is 2.16. The number of thiazole rings is 1. The number of carbonyl (C=O) groups excluding carboxylic acids is 1. The second-order valence-electron chi connectivity index (χ2n) is 10.9. The fourth-order valence-electron chi connectivity index (χ4n) is 5.71. The Balaban J connectivity index is 1.36. The van der Waals surface area contributed by atoms with Gasteiger partial charge in [0.15, 0.2) is 4.80 Å². The molecule has 0 fully saturated rings. The number of carbonyl (C=O) groups is 1. The molecule has 0 aliphatic carbocycles. The number of amides is 1. The first-order chi connectivity index (χ1) is 22.5. The van der Waals surface area contributed by atoms with Crippen LogP contribution in [0, 0.1) is 0 Å². The van der Waals surface area contributed by atoms with Crippen LogP contribution in [0.1, 0.15) is 29.7 Å². The van der Waals surface area contributed by atoms with Crippen LogP contribution in [0.25, 0.3) is 16.8 Å². The Morgan fingerprint density at radius 3 is 2.37 bits per heavy atom. The first kappa shape index (κ1) is 29.5. The number of nitrogens with zero attached hydrogens (tertiary/aromatic N) is 2. The van der Waals surface area contributed by atoms with Crippen LogP contribution in [-0.2, 0) is 11.4 Å². The van der Waals surface area contributed by atoms with Crippen molar-refractivity contribution in [2.24, 2.45) is 4.99 Å². The van der Waals surface area contributed by atoms with Crippen molar-refractivity contribution in [3.63, 3.8) is 0 Å². The highest BCUT2D eigenvalue weighted by molar-refractivity contribution is 7.07. The predicted octanol–water partition coefficient (Wildman–Crippen LogP) is 7.26. The number of hydrogen-bond acceptors (Lipinski definition) is 5. The summed E-state index contributed by atoms with van der Waals surface area (Å²) < 4.78 is 8.46. The van der Waals surface area contributed by atoms with Gasteiger partial charge in [0.2, 0.25) is 0 Å². The van der Waals surface area contributed by atoms with E-state index in [-0.39, 0.29) is 11.5 Å². The summed E-state index contributed by atoms with van der Waals surface area (Å²) in [5.41, 5.74) is 4.01. The van der Waals surface area contributed by atoms with Gasteiger partial charge in [-0.1, -0.05) is 114 Å². The Hall–Kier alpha value is -5.24. The lowest BCUT2D eigenvalue weighted by Gasteiger charge is -2.25. The first-order valence-corrected chi connectivity index (χ1v) is 16.0. The summed E-state index contributed by atoms with van der Waals surface area (Å²) in [4.78, 5) is 33.5. The van der Waals surface area contributed by atoms with Crippen molar-refractivity contribution in [2.75, 3.05) is 5.32 Å². The zero-order chi connectivity index (χ0) is 31.6. The number of fused-ring (bicyclic) bond motifs is 2. The van der Waals surface area contributed by atoms with E-state index in [1.54, 1.807) is 4.57 Å². The van der Waals surface area contributed by atoms with Crippen molar-refractivity contribution >= 4 is 51.4 Å². The third kappa shape index (κ3) is 5.78. The highest BCUT2D eigenvalue weighted by Gasteiger charge is 2.32. The van der Waals surface area contributed by atoms with Crippen molar-refractivity contribution in [1.82, 2.24) is 4.57 Å². The number of nitrogens with one attached hydrogen (secondary N) is 1. The lowest BCUT2D eigenvalue weighted by atomic mass is 9.95. The number of anilines is 1. The standard InChI is InChI=1S/C38H28ClN3O3S/c1-24-34(36(43)41-29-13-6-3-7-14-29)35(27-11-4-2-5-12-27)42-37(44)33(46-38(42)40-24)22-31-30-15-9-8-10-26(30)18-21-32(31)45-23-25-16-19-28(39)20-17-25/h2-22,35H,23H2,1H3,(H,41,43)/b33-22-/t35-/m0/s1. The number of para-hydroxylation sites is 1. The maximum absolute atomic E-state index is 14.4. The van der Waals surface area contributed by atoms with Crippen LogP contribution in [0.15, 0.2) is 142 Å². The SMILES string of the molecule is CC1=C(C(=O)Nc2ccccc2)[C@H](c2ccccc2)n2c(s/c(=C\c3c(OCc4ccc(Cl)cc4)ccc4ccccc34)c2=O)=N1. The van der Waals surface area contributed by atoms with E-state index < -0.39 is 6.04 Å². The predicted molar refractivity (Wildman–Crippen MR) is 185 cm³/mol. The van der Waals surface area contributed by atoms with Crippen molar-refractivity contribution < 1.29 is 9.53 Å². The van der Waals surface area contributed by atoms with Crippen LogP contribution in [-0.4, -0.2) is 10.5 Å². The highest BCUT2D eigenvalue weighted by Crippen LogP contribution is 2.32. The molecule has 6 nitrogen and oxygen atoms in total. The third-order valence-electron chi connectivity index (χ3n) is 7.93. The molecule has 0 spiro atoms. The molecular formula is C38H28ClN3O3S. The van der Waals surface area contributed by atoms with Crippen LogP contribution in [0.5, 0.6) is 5.75 Å². The third-order valence-corrected chi connectivity index (χ3v) is 9.16. The lowest BCUT2D eigenvalue weighted by Crippen LogP contribution is -2.40. The molecule has 0 radical (unpaired) electrons. The zero-order valence-corrected chi connectivity index (χ0v) is 26.4. The van der Waals surface area contributed by atoms with Gasteiger partial charge < -0.3 is 10.1 Å². The molecule has 8 heteroatoms. The molecule has 0 saturated heterocycles. The number of allylic oxidation sites excluding steroid dienone is 1. The smallest absolute Gasteiger partial charge is 0.271 e. The minimum Gasteiger partial charge on any atom is -0.488 e. The Bertz CT molecular complexity index is 2290. The number of aromatic nitrogens is 1. The summed E-state index contributed by atoms with van der Waals surface area (Å²) >= 11 is 7.38. The molecule has 0 saturated carbocycles. The molecule has 46 heavy (non-hydrogen) atoms. The molecule has 1 N–H and O–H groups in total. The van der Waals surface area contributed by atoms with Gasteiger partial charge in [-0.15, -0.1) is 0 Å². The van der Waals surface area contributed by atoms with Crippen molar-refractivity contribution in [1.29, 1.82) is 0 Å². The Morgan fingerprint density at radius 2 is 1.61 bits per heavy atom. The average molecular weight is 642 g/mol. The van der Waals surface area contributed by atoms with E-state index in [0.717, 1.165) is 27.5 Å². The lowest BCUT2D eigenvalue weighted by molar-refractivity contribution is -0.113. The minimum atomic E-state index is -0.656. The number of ether oxygens (including phenoxy) is 1. The molecule has 1 amide bonds. The van der Waals surface area contributed by atoms with Gasteiger partial charge in [0, 0.05) is 16.3 Å². The van der Waals surface area contributed by atoms with Gasteiger partial charge in [-0.05, 0) is 65.2 Å². The molecule has 5 aromatic carbocycles. The molecule has 1 atom stereocenters. The number of benzene rings is 5. The number of halogens is 1. The summed E-state index contributed by atoms with van der Waals surface area (Å²) in [6, 6.07) is 37.7. The van der Waals surface area contributed by atoms with Crippen LogP contribution < -0.4 is 24.9 Å².